The lowest BCUT2D eigenvalue weighted by molar-refractivity contribution is 0.516. The molecule has 5 nitrogen and oxygen atoms in total. The first kappa shape index (κ1) is 14.3. The molecule has 0 spiro atoms. The largest absolute Gasteiger partial charge is 0.230 e. The van der Waals surface area contributed by atoms with Crippen LogP contribution >= 0.6 is 0 Å². The standard InChI is InChI=1S/C8H15NO4S2/c1-4-7-9(14(10,11)6-3)15(12,13)8-5-2/h4-5H,1-2,6-8H2,3H3. The Hall–Kier alpha value is -0.660. The van der Waals surface area contributed by atoms with Gasteiger partial charge in [-0.3, -0.25) is 0 Å². The van der Waals surface area contributed by atoms with Gasteiger partial charge in [0.1, 0.15) is 0 Å². The van der Waals surface area contributed by atoms with Crippen molar-refractivity contribution in [2.75, 3.05) is 18.1 Å². The van der Waals surface area contributed by atoms with E-state index in [1.165, 1.54) is 13.0 Å². The van der Waals surface area contributed by atoms with Crippen LogP contribution in [0.1, 0.15) is 6.92 Å². The molecular weight excluding hydrogens is 238 g/mol. The van der Waals surface area contributed by atoms with Crippen LogP contribution < -0.4 is 0 Å². The Morgan fingerprint density at radius 3 is 1.93 bits per heavy atom. The smallest absolute Gasteiger partial charge is 0.211 e. The molecule has 0 rings (SSSR count). The molecular formula is C8H15NO4S2. The summed E-state index contributed by atoms with van der Waals surface area (Å²) in [5, 5.41) is 0. The van der Waals surface area contributed by atoms with E-state index in [2.05, 4.69) is 13.2 Å². The van der Waals surface area contributed by atoms with E-state index < -0.39 is 25.8 Å². The van der Waals surface area contributed by atoms with E-state index in [1.54, 1.807) is 0 Å². The van der Waals surface area contributed by atoms with E-state index in [1.807, 2.05) is 0 Å². The zero-order chi connectivity index (χ0) is 12.1. The van der Waals surface area contributed by atoms with Gasteiger partial charge < -0.3 is 0 Å². The second-order valence-corrected chi connectivity index (χ2v) is 7.06. The average Bonchev–Trinajstić information content (AvgIpc) is 2.13. The zero-order valence-corrected chi connectivity index (χ0v) is 10.2. The van der Waals surface area contributed by atoms with Gasteiger partial charge in [-0.05, 0) is 6.92 Å². The molecule has 0 aliphatic rings. The zero-order valence-electron chi connectivity index (χ0n) is 8.59. The first-order valence-electron chi connectivity index (χ1n) is 4.27. The summed E-state index contributed by atoms with van der Waals surface area (Å²) in [4.78, 5) is 0. The molecule has 0 aromatic carbocycles. The highest BCUT2D eigenvalue weighted by atomic mass is 32.3. The minimum Gasteiger partial charge on any atom is -0.211 e. The lowest BCUT2D eigenvalue weighted by Gasteiger charge is -2.18. The van der Waals surface area contributed by atoms with Crippen LogP contribution in [0.25, 0.3) is 0 Å². The fourth-order valence-electron chi connectivity index (χ4n) is 0.882. The molecule has 0 heterocycles. The Kier molecular flexibility index (Phi) is 5.19. The van der Waals surface area contributed by atoms with Crippen molar-refractivity contribution >= 4 is 20.0 Å². The van der Waals surface area contributed by atoms with Crippen LogP contribution in [0.2, 0.25) is 0 Å². The summed E-state index contributed by atoms with van der Waals surface area (Å²) in [6, 6.07) is 0. The Morgan fingerprint density at radius 2 is 1.60 bits per heavy atom. The van der Waals surface area contributed by atoms with Crippen molar-refractivity contribution in [3.05, 3.63) is 25.3 Å². The lowest BCUT2D eigenvalue weighted by Crippen LogP contribution is -2.39. The van der Waals surface area contributed by atoms with Crippen molar-refractivity contribution in [3.8, 4) is 0 Å². The van der Waals surface area contributed by atoms with Gasteiger partial charge in [-0.25, -0.2) is 16.8 Å². The Labute approximate surface area is 91.2 Å². The molecule has 0 radical (unpaired) electrons. The minimum absolute atomic E-state index is 0.244. The highest BCUT2D eigenvalue weighted by Gasteiger charge is 2.30. The van der Waals surface area contributed by atoms with Crippen LogP contribution in [0.5, 0.6) is 0 Å². The highest BCUT2D eigenvalue weighted by molar-refractivity contribution is 8.04. The summed E-state index contributed by atoms with van der Waals surface area (Å²) in [6.45, 7) is 7.74. The van der Waals surface area contributed by atoms with Crippen molar-refractivity contribution in [2.24, 2.45) is 0 Å². The van der Waals surface area contributed by atoms with Gasteiger partial charge in [0.2, 0.25) is 20.0 Å². The van der Waals surface area contributed by atoms with Gasteiger partial charge in [0.15, 0.2) is 0 Å². The fraction of sp³-hybridized carbons (Fsp3) is 0.500. The normalized spacial score (nSPS) is 12.7. The van der Waals surface area contributed by atoms with Crippen molar-refractivity contribution in [2.45, 2.75) is 6.92 Å². The van der Waals surface area contributed by atoms with Crippen molar-refractivity contribution in [3.63, 3.8) is 0 Å². The first-order chi connectivity index (χ1) is 6.81. The Balaban J connectivity index is 5.33. The molecule has 0 amide bonds. The summed E-state index contributed by atoms with van der Waals surface area (Å²) in [5.41, 5.74) is 0. The van der Waals surface area contributed by atoms with E-state index in [0.717, 1.165) is 6.08 Å². The minimum atomic E-state index is -3.85. The summed E-state index contributed by atoms with van der Waals surface area (Å²) in [6.07, 6.45) is 2.38. The third kappa shape index (κ3) is 3.77. The van der Waals surface area contributed by atoms with Crippen molar-refractivity contribution in [1.82, 2.24) is 3.71 Å². The maximum absolute atomic E-state index is 11.6. The topological polar surface area (TPSA) is 71.5 Å². The SMILES string of the molecule is C=CCN(S(=O)(=O)CC)S(=O)(=O)CC=C. The molecule has 0 aromatic rings. The van der Waals surface area contributed by atoms with Gasteiger partial charge >= 0.3 is 0 Å². The van der Waals surface area contributed by atoms with Crippen LogP contribution in [0.15, 0.2) is 25.3 Å². The summed E-state index contributed by atoms with van der Waals surface area (Å²) in [5.74, 6) is -0.669. The van der Waals surface area contributed by atoms with Gasteiger partial charge in [0, 0.05) is 6.54 Å². The molecule has 0 fully saturated rings. The predicted molar refractivity (Wildman–Crippen MR) is 60.3 cm³/mol. The highest BCUT2D eigenvalue weighted by Crippen LogP contribution is 2.10. The van der Waals surface area contributed by atoms with E-state index in [-0.39, 0.29) is 12.3 Å². The third-order valence-electron chi connectivity index (χ3n) is 1.59. The summed E-state index contributed by atoms with van der Waals surface area (Å²) < 4.78 is 46.5. The molecule has 88 valence electrons. The Bertz CT molecular complexity index is 422. The maximum atomic E-state index is 11.6. The molecule has 15 heavy (non-hydrogen) atoms. The van der Waals surface area contributed by atoms with Crippen molar-refractivity contribution < 1.29 is 16.8 Å². The van der Waals surface area contributed by atoms with Gasteiger partial charge in [0.05, 0.1) is 11.5 Å². The second-order valence-electron chi connectivity index (χ2n) is 2.71. The Morgan fingerprint density at radius 1 is 1.07 bits per heavy atom. The molecule has 0 bridgehead atoms. The van der Waals surface area contributed by atoms with E-state index in [4.69, 9.17) is 0 Å². The molecule has 0 saturated heterocycles. The number of sulfonamides is 2. The van der Waals surface area contributed by atoms with Crippen molar-refractivity contribution in [1.29, 1.82) is 0 Å². The number of rotatable bonds is 7. The number of hydrogen-bond donors (Lipinski definition) is 0. The molecule has 0 unspecified atom stereocenters. The molecule has 0 aliphatic heterocycles. The van der Waals surface area contributed by atoms with E-state index in [9.17, 15) is 16.8 Å². The first-order valence-corrected chi connectivity index (χ1v) is 7.48. The molecule has 0 N–H and O–H groups in total. The van der Waals surface area contributed by atoms with Crippen LogP contribution in [-0.2, 0) is 20.0 Å². The number of hydrogen-bond acceptors (Lipinski definition) is 4. The quantitative estimate of drug-likeness (QED) is 0.613. The third-order valence-corrected chi connectivity index (χ3v) is 5.88. The van der Waals surface area contributed by atoms with Gasteiger partial charge in [0.25, 0.3) is 0 Å². The lowest BCUT2D eigenvalue weighted by atomic mass is 10.7. The molecule has 0 aromatic heterocycles. The van der Waals surface area contributed by atoms with Gasteiger partial charge in [-0.1, -0.05) is 15.9 Å². The van der Waals surface area contributed by atoms with E-state index in [0.29, 0.717) is 3.71 Å². The van der Waals surface area contributed by atoms with Crippen LogP contribution in [0.4, 0.5) is 0 Å². The molecule has 7 heteroatoms. The number of nitrogens with zero attached hydrogens (tertiary/aromatic N) is 1. The molecule has 0 aliphatic carbocycles. The fourth-order valence-corrected chi connectivity index (χ4v) is 4.18. The monoisotopic (exact) mass is 253 g/mol. The predicted octanol–water partition coefficient (Wildman–Crippen LogP) is 0.340. The van der Waals surface area contributed by atoms with Crippen LogP contribution in [0.3, 0.4) is 0 Å². The maximum Gasteiger partial charge on any atom is 0.230 e. The average molecular weight is 253 g/mol. The summed E-state index contributed by atoms with van der Waals surface area (Å²) >= 11 is 0. The summed E-state index contributed by atoms with van der Waals surface area (Å²) in [7, 11) is -7.62. The van der Waals surface area contributed by atoms with Gasteiger partial charge in [-0.15, -0.1) is 13.2 Å². The molecule has 0 atom stereocenters. The molecule has 0 saturated carbocycles. The van der Waals surface area contributed by atoms with Crippen LogP contribution in [-0.4, -0.2) is 38.6 Å². The van der Waals surface area contributed by atoms with Crippen LogP contribution in [0, 0.1) is 0 Å². The second kappa shape index (κ2) is 5.43. The van der Waals surface area contributed by atoms with E-state index >= 15 is 0 Å². The van der Waals surface area contributed by atoms with Gasteiger partial charge in [-0.2, -0.15) is 0 Å².